The number of carbonyl (C=O) groups is 1. The van der Waals surface area contributed by atoms with Crippen LogP contribution in [0.3, 0.4) is 0 Å². The minimum atomic E-state index is -0.0513. The van der Waals surface area contributed by atoms with Crippen LogP contribution in [0.4, 0.5) is 22.0 Å². The number of benzene rings is 1. The quantitative estimate of drug-likeness (QED) is 0.530. The molecule has 8 heteroatoms. The first-order valence-electron chi connectivity index (χ1n) is 10.2. The Bertz CT molecular complexity index is 985. The first-order chi connectivity index (χ1) is 14.7. The van der Waals surface area contributed by atoms with Gasteiger partial charge in [0.1, 0.15) is 5.82 Å². The van der Waals surface area contributed by atoms with E-state index in [1.807, 2.05) is 53.3 Å². The molecule has 0 radical (unpaired) electrons. The second kappa shape index (κ2) is 9.41. The van der Waals surface area contributed by atoms with Gasteiger partial charge < -0.3 is 15.4 Å². The van der Waals surface area contributed by atoms with Crippen molar-refractivity contribution in [3.05, 3.63) is 54.9 Å². The molecule has 2 aromatic heterocycles. The molecular weight excluding hydrogens is 380 g/mol. The number of pyridine rings is 1. The Morgan fingerprint density at radius 2 is 2.03 bits per heavy atom. The maximum absolute atomic E-state index is 11.8. The van der Waals surface area contributed by atoms with E-state index in [0.29, 0.717) is 19.7 Å². The van der Waals surface area contributed by atoms with E-state index in [-0.39, 0.29) is 6.03 Å². The largest absolute Gasteiger partial charge is 0.380 e. The van der Waals surface area contributed by atoms with E-state index < -0.39 is 0 Å². The van der Waals surface area contributed by atoms with Gasteiger partial charge in [-0.2, -0.15) is 5.10 Å². The molecule has 0 saturated carbocycles. The predicted octanol–water partition coefficient (Wildman–Crippen LogP) is 3.64. The zero-order valence-corrected chi connectivity index (χ0v) is 17.0. The Labute approximate surface area is 175 Å². The van der Waals surface area contributed by atoms with Crippen LogP contribution in [0.15, 0.2) is 54.9 Å². The topological polar surface area (TPSA) is 84.3 Å². The number of anilines is 3. The van der Waals surface area contributed by atoms with Crippen molar-refractivity contribution in [3.8, 4) is 11.3 Å². The summed E-state index contributed by atoms with van der Waals surface area (Å²) in [4.78, 5) is 18.3. The molecule has 1 saturated heterocycles. The summed E-state index contributed by atoms with van der Waals surface area (Å²) in [7, 11) is 0. The second-order valence-electron chi connectivity index (χ2n) is 7.07. The lowest BCUT2D eigenvalue weighted by Gasteiger charge is -2.14. The van der Waals surface area contributed by atoms with Crippen molar-refractivity contribution in [2.75, 3.05) is 36.5 Å². The number of nitrogens with one attached hydrogen (secondary N) is 2. The van der Waals surface area contributed by atoms with E-state index in [2.05, 4.69) is 22.7 Å². The zero-order valence-electron chi connectivity index (χ0n) is 17.0. The van der Waals surface area contributed by atoms with Gasteiger partial charge in [0.05, 0.1) is 30.7 Å². The van der Waals surface area contributed by atoms with Crippen molar-refractivity contribution < 1.29 is 9.53 Å². The molecule has 3 heterocycles. The van der Waals surface area contributed by atoms with E-state index in [9.17, 15) is 4.79 Å². The van der Waals surface area contributed by atoms with Gasteiger partial charge in [0.2, 0.25) is 0 Å². The summed E-state index contributed by atoms with van der Waals surface area (Å²) in [5.41, 5.74) is 3.62. The minimum Gasteiger partial charge on any atom is -0.380 e. The number of ether oxygens (including phenoxy) is 1. The molecule has 0 aliphatic carbocycles. The molecule has 0 bridgehead atoms. The summed E-state index contributed by atoms with van der Waals surface area (Å²) >= 11 is 0. The summed E-state index contributed by atoms with van der Waals surface area (Å²) in [5.74, 6) is 0.747. The number of carbonyl (C=O) groups excluding carboxylic acids is 1. The molecule has 1 aliphatic heterocycles. The van der Waals surface area contributed by atoms with Crippen molar-refractivity contribution in [2.24, 2.45) is 0 Å². The van der Waals surface area contributed by atoms with Crippen molar-refractivity contribution >= 4 is 23.2 Å². The molecule has 1 fully saturated rings. The Morgan fingerprint density at radius 3 is 2.80 bits per heavy atom. The molecular formula is C22H26N6O2. The molecule has 0 spiro atoms. The molecule has 1 aromatic carbocycles. The highest BCUT2D eigenvalue weighted by atomic mass is 16.5. The van der Waals surface area contributed by atoms with E-state index in [1.165, 1.54) is 0 Å². The first-order valence-corrected chi connectivity index (χ1v) is 10.2. The lowest BCUT2D eigenvalue weighted by molar-refractivity contribution is 0.124. The lowest BCUT2D eigenvalue weighted by Crippen LogP contribution is -2.27. The summed E-state index contributed by atoms with van der Waals surface area (Å²) in [6, 6.07) is 13.7. The summed E-state index contributed by atoms with van der Waals surface area (Å²) in [6.07, 6.45) is 4.74. The minimum absolute atomic E-state index is 0.0513. The fraction of sp³-hybridized carbons (Fsp3) is 0.318. The predicted molar refractivity (Wildman–Crippen MR) is 117 cm³/mol. The van der Waals surface area contributed by atoms with Crippen molar-refractivity contribution in [2.45, 2.75) is 19.9 Å². The van der Waals surface area contributed by atoms with E-state index in [0.717, 1.165) is 48.0 Å². The second-order valence-corrected chi connectivity index (χ2v) is 7.07. The van der Waals surface area contributed by atoms with Crippen molar-refractivity contribution in [3.63, 3.8) is 0 Å². The monoisotopic (exact) mass is 406 g/mol. The van der Waals surface area contributed by atoms with Gasteiger partial charge in [-0.25, -0.2) is 9.78 Å². The SMILES string of the molecule is CCCOCCn1cc(Nc2cccc(-c3ccc(N4CCNC4=O)cc3)n2)cn1. The Morgan fingerprint density at radius 1 is 1.17 bits per heavy atom. The molecule has 30 heavy (non-hydrogen) atoms. The van der Waals surface area contributed by atoms with Gasteiger partial charge >= 0.3 is 6.03 Å². The van der Waals surface area contributed by atoms with Crippen LogP contribution in [-0.2, 0) is 11.3 Å². The number of urea groups is 1. The molecule has 2 N–H and O–H groups in total. The van der Waals surface area contributed by atoms with Gasteiger partial charge in [-0.15, -0.1) is 0 Å². The van der Waals surface area contributed by atoms with Gasteiger partial charge in [-0.3, -0.25) is 9.58 Å². The number of rotatable bonds is 9. The maximum atomic E-state index is 11.8. The number of nitrogens with zero attached hydrogens (tertiary/aromatic N) is 4. The van der Waals surface area contributed by atoms with Gasteiger partial charge in [0.15, 0.2) is 0 Å². The molecule has 2 amide bonds. The van der Waals surface area contributed by atoms with Crippen LogP contribution in [0.5, 0.6) is 0 Å². The third kappa shape index (κ3) is 4.77. The Balaban J connectivity index is 1.40. The highest BCUT2D eigenvalue weighted by Crippen LogP contribution is 2.24. The van der Waals surface area contributed by atoms with Gasteiger partial charge in [0, 0.05) is 37.1 Å². The van der Waals surface area contributed by atoms with Crippen molar-refractivity contribution in [1.82, 2.24) is 20.1 Å². The van der Waals surface area contributed by atoms with Crippen LogP contribution < -0.4 is 15.5 Å². The highest BCUT2D eigenvalue weighted by molar-refractivity contribution is 5.94. The van der Waals surface area contributed by atoms with Crippen molar-refractivity contribution in [1.29, 1.82) is 0 Å². The Hall–Kier alpha value is -3.39. The van der Waals surface area contributed by atoms with Crippen LogP contribution in [0.25, 0.3) is 11.3 Å². The van der Waals surface area contributed by atoms with E-state index in [4.69, 9.17) is 9.72 Å². The number of amides is 2. The third-order valence-corrected chi connectivity index (χ3v) is 4.80. The van der Waals surface area contributed by atoms with E-state index in [1.54, 1.807) is 11.1 Å². The molecule has 3 aromatic rings. The van der Waals surface area contributed by atoms with Gasteiger partial charge in [0.25, 0.3) is 0 Å². The smallest absolute Gasteiger partial charge is 0.321 e. The Kier molecular flexibility index (Phi) is 6.24. The van der Waals surface area contributed by atoms with E-state index >= 15 is 0 Å². The fourth-order valence-electron chi connectivity index (χ4n) is 3.30. The first kappa shape index (κ1) is 19.9. The highest BCUT2D eigenvalue weighted by Gasteiger charge is 2.20. The lowest BCUT2D eigenvalue weighted by atomic mass is 10.1. The average Bonchev–Trinajstić information content (AvgIpc) is 3.40. The summed E-state index contributed by atoms with van der Waals surface area (Å²) in [5, 5.41) is 10.5. The van der Waals surface area contributed by atoms with Crippen LogP contribution in [0, 0.1) is 0 Å². The number of aromatic nitrogens is 3. The maximum Gasteiger partial charge on any atom is 0.321 e. The molecule has 0 unspecified atom stereocenters. The number of hydrogen-bond acceptors (Lipinski definition) is 5. The fourth-order valence-corrected chi connectivity index (χ4v) is 3.30. The van der Waals surface area contributed by atoms with Crippen LogP contribution in [0.1, 0.15) is 13.3 Å². The molecule has 1 aliphatic rings. The molecule has 8 nitrogen and oxygen atoms in total. The molecule has 0 atom stereocenters. The van der Waals surface area contributed by atoms with Gasteiger partial charge in [-0.05, 0) is 30.7 Å². The molecule has 4 rings (SSSR count). The van der Waals surface area contributed by atoms with Crippen LogP contribution in [0.2, 0.25) is 0 Å². The number of hydrogen-bond donors (Lipinski definition) is 2. The summed E-state index contributed by atoms with van der Waals surface area (Å²) < 4.78 is 7.36. The van der Waals surface area contributed by atoms with Crippen LogP contribution >= 0.6 is 0 Å². The zero-order chi connectivity index (χ0) is 20.8. The van der Waals surface area contributed by atoms with Gasteiger partial charge in [-0.1, -0.05) is 25.1 Å². The normalized spacial score (nSPS) is 13.5. The third-order valence-electron chi connectivity index (χ3n) is 4.80. The standard InChI is InChI=1S/C22H26N6O2/c1-2-13-30-14-12-27-16-18(15-24-27)25-21-5-3-4-20(26-21)17-6-8-19(9-7-17)28-11-10-23-22(28)29/h3-9,15-16H,2,10-14H2,1H3,(H,23,29)(H,25,26). The van der Waals surface area contributed by atoms with Crippen LogP contribution in [-0.4, -0.2) is 47.1 Å². The molecule has 156 valence electrons. The summed E-state index contributed by atoms with van der Waals surface area (Å²) in [6.45, 7) is 5.60. The average molecular weight is 406 g/mol.